The Morgan fingerprint density at radius 1 is 0.288 bits per heavy atom. The third-order valence-corrected chi connectivity index (χ3v) is 10.9. The van der Waals surface area contributed by atoms with Crippen molar-refractivity contribution in [1.82, 2.24) is 9.13 Å². The minimum Gasteiger partial charge on any atom is -0.309 e. The van der Waals surface area contributed by atoms with Crippen molar-refractivity contribution < 1.29 is 0 Å². The van der Waals surface area contributed by atoms with E-state index < -0.39 is 0 Å². The molecule has 0 atom stereocenters. The number of hydrogen-bond acceptors (Lipinski definition) is 0. The molecule has 2 heteroatoms. The van der Waals surface area contributed by atoms with Crippen LogP contribution in [0.15, 0.2) is 194 Å². The molecule has 0 spiro atoms. The third kappa shape index (κ3) is 4.25. The summed E-state index contributed by atoms with van der Waals surface area (Å²) in [6.07, 6.45) is 0. The molecule has 2 aromatic heterocycles. The van der Waals surface area contributed by atoms with Crippen LogP contribution in [-0.2, 0) is 0 Å². The number of benzene rings is 9. The number of rotatable bonds is 4. The standard InChI is InChI=1S/C50H32N2/c1-3-14-33(15-4-1)39-23-13-20-35-26-27-38(32-42(35)39)51-44-24-11-9-21-40(44)49-46(51)28-29-47-50(49)41-22-10-12-25-45(41)52(47)48-31-37-19-8-7-18-36(37)30-43(48)34-16-5-2-6-17-34/h1-32H. The fourth-order valence-electron chi connectivity index (χ4n) is 8.59. The summed E-state index contributed by atoms with van der Waals surface area (Å²) in [4.78, 5) is 0. The Kier molecular flexibility index (Phi) is 6.28. The summed E-state index contributed by atoms with van der Waals surface area (Å²) in [5, 5.41) is 10.0. The van der Waals surface area contributed by atoms with Gasteiger partial charge in [0.05, 0.1) is 27.8 Å². The molecule has 242 valence electrons. The van der Waals surface area contributed by atoms with Gasteiger partial charge in [-0.3, -0.25) is 0 Å². The lowest BCUT2D eigenvalue weighted by Crippen LogP contribution is -1.98. The molecule has 52 heavy (non-hydrogen) atoms. The predicted molar refractivity (Wildman–Crippen MR) is 221 cm³/mol. The summed E-state index contributed by atoms with van der Waals surface area (Å²) in [6.45, 7) is 0. The molecule has 0 saturated heterocycles. The van der Waals surface area contributed by atoms with Crippen molar-refractivity contribution in [3.05, 3.63) is 194 Å². The minimum atomic E-state index is 1.16. The van der Waals surface area contributed by atoms with Crippen molar-refractivity contribution in [3.8, 4) is 33.6 Å². The van der Waals surface area contributed by atoms with Gasteiger partial charge in [-0.25, -0.2) is 0 Å². The van der Waals surface area contributed by atoms with Crippen molar-refractivity contribution >= 4 is 65.2 Å². The van der Waals surface area contributed by atoms with Gasteiger partial charge in [-0.15, -0.1) is 0 Å². The molecule has 2 nitrogen and oxygen atoms in total. The van der Waals surface area contributed by atoms with Gasteiger partial charge in [-0.05, 0) is 86.8 Å². The Bertz CT molecular complexity index is 3160. The van der Waals surface area contributed by atoms with Crippen LogP contribution >= 0.6 is 0 Å². The summed E-state index contributed by atoms with van der Waals surface area (Å²) in [5.41, 5.74) is 12.0. The Balaban J connectivity index is 1.24. The van der Waals surface area contributed by atoms with Crippen LogP contribution in [0.2, 0.25) is 0 Å². The average molecular weight is 661 g/mol. The molecule has 0 unspecified atom stereocenters. The lowest BCUT2D eigenvalue weighted by molar-refractivity contribution is 1.18. The van der Waals surface area contributed by atoms with Crippen molar-refractivity contribution in [2.75, 3.05) is 0 Å². The van der Waals surface area contributed by atoms with Crippen LogP contribution < -0.4 is 0 Å². The normalized spacial score (nSPS) is 11.8. The second kappa shape index (κ2) is 11.3. The Labute approximate surface area is 301 Å². The van der Waals surface area contributed by atoms with Crippen LogP contribution in [-0.4, -0.2) is 9.13 Å². The van der Waals surface area contributed by atoms with E-state index in [2.05, 4.69) is 203 Å². The number of nitrogens with zero attached hydrogens (tertiary/aromatic N) is 2. The van der Waals surface area contributed by atoms with Gasteiger partial charge in [-0.1, -0.05) is 146 Å². The molecular weight excluding hydrogens is 629 g/mol. The molecule has 0 fully saturated rings. The Morgan fingerprint density at radius 3 is 1.52 bits per heavy atom. The highest BCUT2D eigenvalue weighted by molar-refractivity contribution is 6.29. The van der Waals surface area contributed by atoms with E-state index in [1.807, 2.05) is 0 Å². The molecule has 0 radical (unpaired) electrons. The van der Waals surface area contributed by atoms with Crippen LogP contribution in [0, 0.1) is 0 Å². The van der Waals surface area contributed by atoms with E-state index in [1.165, 1.54) is 93.1 Å². The summed E-state index contributed by atoms with van der Waals surface area (Å²) < 4.78 is 4.95. The number of para-hydroxylation sites is 2. The maximum absolute atomic E-state index is 2.49. The first-order chi connectivity index (χ1) is 25.8. The van der Waals surface area contributed by atoms with Gasteiger partial charge in [0.1, 0.15) is 0 Å². The summed E-state index contributed by atoms with van der Waals surface area (Å²) >= 11 is 0. The number of hydrogen-bond donors (Lipinski definition) is 0. The molecule has 0 bridgehead atoms. The van der Waals surface area contributed by atoms with E-state index >= 15 is 0 Å². The molecule has 0 N–H and O–H groups in total. The second-order valence-electron chi connectivity index (χ2n) is 13.7. The molecule has 0 aliphatic rings. The van der Waals surface area contributed by atoms with Gasteiger partial charge in [-0.2, -0.15) is 0 Å². The highest BCUT2D eigenvalue weighted by atomic mass is 15.0. The molecule has 2 heterocycles. The molecule has 9 aromatic carbocycles. The molecule has 0 saturated carbocycles. The summed E-state index contributed by atoms with van der Waals surface area (Å²) in [6, 6.07) is 71.0. The summed E-state index contributed by atoms with van der Waals surface area (Å²) in [7, 11) is 0. The average Bonchev–Trinajstić information content (AvgIpc) is 3.73. The van der Waals surface area contributed by atoms with E-state index in [1.54, 1.807) is 0 Å². The zero-order valence-electron chi connectivity index (χ0n) is 28.4. The van der Waals surface area contributed by atoms with Crippen molar-refractivity contribution in [1.29, 1.82) is 0 Å². The van der Waals surface area contributed by atoms with E-state index in [0.29, 0.717) is 0 Å². The highest BCUT2D eigenvalue weighted by Crippen LogP contribution is 2.44. The van der Waals surface area contributed by atoms with Crippen LogP contribution in [0.5, 0.6) is 0 Å². The Morgan fingerprint density at radius 2 is 0.827 bits per heavy atom. The first-order valence-corrected chi connectivity index (χ1v) is 17.9. The maximum atomic E-state index is 2.49. The van der Waals surface area contributed by atoms with Crippen molar-refractivity contribution in [2.45, 2.75) is 0 Å². The lowest BCUT2D eigenvalue weighted by Gasteiger charge is -2.16. The number of fused-ring (bicyclic) bond motifs is 9. The second-order valence-corrected chi connectivity index (χ2v) is 13.7. The largest absolute Gasteiger partial charge is 0.309 e. The van der Waals surface area contributed by atoms with Crippen LogP contribution in [0.4, 0.5) is 0 Å². The molecule has 0 aliphatic carbocycles. The molecule has 0 amide bonds. The van der Waals surface area contributed by atoms with E-state index in [0.717, 1.165) is 5.69 Å². The predicted octanol–water partition coefficient (Wildman–Crippen LogP) is 13.5. The maximum Gasteiger partial charge on any atom is 0.0549 e. The van der Waals surface area contributed by atoms with Gasteiger partial charge >= 0.3 is 0 Å². The van der Waals surface area contributed by atoms with Gasteiger partial charge in [0.25, 0.3) is 0 Å². The Hall–Kier alpha value is -6.90. The van der Waals surface area contributed by atoms with Crippen LogP contribution in [0.3, 0.4) is 0 Å². The SMILES string of the molecule is c1ccc(-c2cc3ccccc3cc2-n2c3ccccc3c3c4c5ccccc5n(-c5ccc6cccc(-c7ccccc7)c6c5)c4ccc32)cc1. The first kappa shape index (κ1) is 28.9. The fraction of sp³-hybridized carbons (Fsp3) is 0. The number of aromatic nitrogens is 2. The van der Waals surface area contributed by atoms with Crippen LogP contribution in [0.1, 0.15) is 0 Å². The van der Waals surface area contributed by atoms with Gasteiger partial charge in [0.15, 0.2) is 0 Å². The monoisotopic (exact) mass is 660 g/mol. The van der Waals surface area contributed by atoms with E-state index in [9.17, 15) is 0 Å². The zero-order chi connectivity index (χ0) is 34.2. The highest BCUT2D eigenvalue weighted by Gasteiger charge is 2.22. The topological polar surface area (TPSA) is 9.86 Å². The summed E-state index contributed by atoms with van der Waals surface area (Å²) in [5.74, 6) is 0. The van der Waals surface area contributed by atoms with Gasteiger partial charge in [0, 0.05) is 32.8 Å². The lowest BCUT2D eigenvalue weighted by atomic mass is 9.98. The quantitative estimate of drug-likeness (QED) is 0.178. The molecule has 0 aliphatic heterocycles. The van der Waals surface area contributed by atoms with Crippen molar-refractivity contribution in [2.24, 2.45) is 0 Å². The smallest absolute Gasteiger partial charge is 0.0549 e. The third-order valence-electron chi connectivity index (χ3n) is 10.9. The molecule has 11 rings (SSSR count). The van der Waals surface area contributed by atoms with Crippen molar-refractivity contribution in [3.63, 3.8) is 0 Å². The van der Waals surface area contributed by atoms with Crippen LogP contribution in [0.25, 0.3) is 98.8 Å². The zero-order valence-corrected chi connectivity index (χ0v) is 28.4. The molecular formula is C50H32N2. The minimum absolute atomic E-state index is 1.16. The van der Waals surface area contributed by atoms with Gasteiger partial charge in [0.2, 0.25) is 0 Å². The van der Waals surface area contributed by atoms with E-state index in [4.69, 9.17) is 0 Å². The fourth-order valence-corrected chi connectivity index (χ4v) is 8.59. The van der Waals surface area contributed by atoms with E-state index in [-0.39, 0.29) is 0 Å². The molecule has 11 aromatic rings. The van der Waals surface area contributed by atoms with Gasteiger partial charge < -0.3 is 9.13 Å². The first-order valence-electron chi connectivity index (χ1n) is 17.9.